The first-order chi connectivity index (χ1) is 17.8. The van der Waals surface area contributed by atoms with E-state index in [2.05, 4.69) is 75.6 Å². The zero-order valence-electron chi connectivity index (χ0n) is 23.4. The molecule has 2 aromatic rings. The van der Waals surface area contributed by atoms with Gasteiger partial charge >= 0.3 is 0 Å². The molecule has 2 fully saturated rings. The van der Waals surface area contributed by atoms with Gasteiger partial charge in [0.1, 0.15) is 5.75 Å². The predicted molar refractivity (Wildman–Crippen MR) is 159 cm³/mol. The van der Waals surface area contributed by atoms with Gasteiger partial charge in [0.05, 0.1) is 12.3 Å². The maximum atomic E-state index is 6.54. The van der Waals surface area contributed by atoms with Gasteiger partial charge in [0.25, 0.3) is 0 Å². The van der Waals surface area contributed by atoms with E-state index >= 15 is 0 Å². The number of fused-ring (bicyclic) bond motifs is 1. The summed E-state index contributed by atoms with van der Waals surface area (Å²) in [5, 5.41) is 0.834. The van der Waals surface area contributed by atoms with Gasteiger partial charge in [0.15, 0.2) is 0 Å². The third-order valence-corrected chi connectivity index (χ3v) is 9.72. The molecule has 1 heterocycles. The fourth-order valence-corrected chi connectivity index (χ4v) is 7.86. The number of aryl methyl sites for hydroxylation is 1. The van der Waals surface area contributed by atoms with Gasteiger partial charge in [-0.3, -0.25) is 0 Å². The second-order valence-electron chi connectivity index (χ2n) is 12.6. The molecule has 2 saturated carbocycles. The number of allylic oxidation sites excluding steroid dienone is 1. The van der Waals surface area contributed by atoms with Gasteiger partial charge in [0.2, 0.25) is 0 Å². The lowest BCUT2D eigenvalue weighted by Gasteiger charge is -2.48. The van der Waals surface area contributed by atoms with Crippen molar-refractivity contribution >= 4 is 22.9 Å². The Morgan fingerprint density at radius 2 is 1.84 bits per heavy atom. The summed E-state index contributed by atoms with van der Waals surface area (Å²) in [7, 11) is 0. The first-order valence-electron chi connectivity index (χ1n) is 14.8. The van der Waals surface area contributed by atoms with Crippen molar-refractivity contribution in [2.24, 2.45) is 29.6 Å². The van der Waals surface area contributed by atoms with Crippen molar-refractivity contribution < 1.29 is 4.74 Å². The number of benzene rings is 2. The van der Waals surface area contributed by atoms with E-state index in [1.54, 1.807) is 0 Å². The lowest BCUT2D eigenvalue weighted by Crippen LogP contribution is -2.44. The number of hydrogen-bond acceptors (Lipinski definition) is 2. The number of nitrogens with zero attached hydrogens (tertiary/aromatic N) is 1. The average molecular weight is 520 g/mol. The van der Waals surface area contributed by atoms with E-state index in [1.807, 2.05) is 0 Å². The van der Waals surface area contributed by atoms with E-state index in [9.17, 15) is 0 Å². The third kappa shape index (κ3) is 5.90. The number of hydrogen-bond donors (Lipinski definition) is 0. The first kappa shape index (κ1) is 26.7. The van der Waals surface area contributed by atoms with Crippen LogP contribution >= 0.6 is 11.6 Å². The van der Waals surface area contributed by atoms with Crippen molar-refractivity contribution in [1.29, 1.82) is 0 Å². The van der Waals surface area contributed by atoms with Gasteiger partial charge < -0.3 is 9.64 Å². The molecule has 0 radical (unpaired) electrons. The van der Waals surface area contributed by atoms with Crippen molar-refractivity contribution in [2.45, 2.75) is 78.6 Å². The predicted octanol–water partition coefficient (Wildman–Crippen LogP) is 9.41. The summed E-state index contributed by atoms with van der Waals surface area (Å²) in [6.45, 7) is 16.4. The van der Waals surface area contributed by atoms with Gasteiger partial charge in [-0.1, -0.05) is 63.1 Å². The fraction of sp³-hybridized carbons (Fsp3) is 0.588. The second kappa shape index (κ2) is 11.4. The Kier molecular flexibility index (Phi) is 8.25. The van der Waals surface area contributed by atoms with Gasteiger partial charge in [-0.25, -0.2) is 0 Å². The molecule has 5 rings (SSSR count). The Morgan fingerprint density at radius 1 is 1.05 bits per heavy atom. The minimum atomic E-state index is 0.327. The van der Waals surface area contributed by atoms with Crippen LogP contribution in [0, 0.1) is 29.6 Å². The van der Waals surface area contributed by atoms with Crippen LogP contribution in [0.2, 0.25) is 5.02 Å². The van der Waals surface area contributed by atoms with Gasteiger partial charge in [-0.2, -0.15) is 0 Å². The van der Waals surface area contributed by atoms with E-state index < -0.39 is 0 Å². The second-order valence-corrected chi connectivity index (χ2v) is 13.1. The highest BCUT2D eigenvalue weighted by atomic mass is 35.5. The Labute approximate surface area is 230 Å². The Bertz CT molecular complexity index is 1100. The number of anilines is 1. The first-order valence-corrected chi connectivity index (χ1v) is 15.2. The molecular weight excluding hydrogens is 474 g/mol. The van der Waals surface area contributed by atoms with Crippen molar-refractivity contribution in [1.82, 2.24) is 0 Å². The van der Waals surface area contributed by atoms with Gasteiger partial charge in [-0.15, -0.1) is 0 Å². The van der Waals surface area contributed by atoms with E-state index in [0.29, 0.717) is 12.5 Å². The number of rotatable bonds is 7. The number of ether oxygens (including phenoxy) is 1. The molecule has 5 unspecified atom stereocenters. The molecule has 3 aliphatic rings. The monoisotopic (exact) mass is 519 g/mol. The lowest BCUT2D eigenvalue weighted by molar-refractivity contribution is 0.0531. The maximum Gasteiger partial charge on any atom is 0.142 e. The van der Waals surface area contributed by atoms with Crippen molar-refractivity contribution in [2.75, 3.05) is 24.6 Å². The van der Waals surface area contributed by atoms with Crippen LogP contribution in [-0.2, 0) is 6.42 Å². The summed E-state index contributed by atoms with van der Waals surface area (Å²) in [4.78, 5) is 2.68. The van der Waals surface area contributed by atoms with Crippen LogP contribution in [0.25, 0.3) is 5.57 Å². The highest BCUT2D eigenvalue weighted by molar-refractivity contribution is 6.30. The van der Waals surface area contributed by atoms with Crippen molar-refractivity contribution in [3.63, 3.8) is 0 Å². The van der Waals surface area contributed by atoms with E-state index in [4.69, 9.17) is 16.3 Å². The molecule has 200 valence electrons. The molecule has 0 amide bonds. The summed E-state index contributed by atoms with van der Waals surface area (Å²) in [6.07, 6.45) is 9.23. The quantitative estimate of drug-likeness (QED) is 0.361. The normalized spacial score (nSPS) is 29.6. The lowest BCUT2D eigenvalue weighted by atomic mass is 9.60. The highest BCUT2D eigenvalue weighted by Crippen LogP contribution is 2.49. The topological polar surface area (TPSA) is 12.5 Å². The Morgan fingerprint density at radius 3 is 2.51 bits per heavy atom. The molecular formula is C34H46ClNO. The zero-order valence-corrected chi connectivity index (χ0v) is 24.2. The fourth-order valence-electron chi connectivity index (χ4n) is 7.66. The average Bonchev–Trinajstić information content (AvgIpc) is 3.00. The third-order valence-electron chi connectivity index (χ3n) is 9.49. The molecule has 0 saturated heterocycles. The zero-order chi connectivity index (χ0) is 26.1. The van der Waals surface area contributed by atoms with E-state index in [-0.39, 0.29) is 0 Å². The van der Waals surface area contributed by atoms with Crippen LogP contribution in [-0.4, -0.2) is 19.7 Å². The summed E-state index contributed by atoms with van der Waals surface area (Å²) in [6, 6.07) is 13.2. The van der Waals surface area contributed by atoms with Gasteiger partial charge in [-0.05, 0) is 116 Å². The molecule has 2 nitrogen and oxygen atoms in total. The molecule has 2 aromatic carbocycles. The maximum absolute atomic E-state index is 6.54. The molecule has 2 aliphatic carbocycles. The molecule has 3 heteroatoms. The smallest absolute Gasteiger partial charge is 0.142 e. The van der Waals surface area contributed by atoms with Crippen molar-refractivity contribution in [3.05, 3.63) is 64.7 Å². The summed E-state index contributed by atoms with van der Waals surface area (Å²) < 4.78 is 6.54. The summed E-state index contributed by atoms with van der Waals surface area (Å²) in [5.74, 6) is 5.68. The standard InChI is InChI=1S/C34H46ClNO/c1-6-7-26-17-30(35)10-12-31(26)29-20-36(33-18-25(22(2)3)9-13-34(33)37-21-29)19-27-8-11-32(27)28-15-23(4)14-24(5)16-28/h9-10,12-13,17-18,23-24,27-29,32H,2,6-8,11,14-16,19-21H2,1,3-5H3. The molecule has 0 aromatic heterocycles. The van der Waals surface area contributed by atoms with Crippen LogP contribution in [0.3, 0.4) is 0 Å². The molecule has 37 heavy (non-hydrogen) atoms. The Hall–Kier alpha value is -1.93. The van der Waals surface area contributed by atoms with Crippen LogP contribution in [0.4, 0.5) is 5.69 Å². The molecule has 0 N–H and O–H groups in total. The number of halogens is 1. The van der Waals surface area contributed by atoms with Crippen LogP contribution in [0.1, 0.15) is 88.8 Å². The van der Waals surface area contributed by atoms with Crippen LogP contribution in [0.15, 0.2) is 43.0 Å². The van der Waals surface area contributed by atoms with Crippen LogP contribution < -0.4 is 9.64 Å². The van der Waals surface area contributed by atoms with Crippen molar-refractivity contribution in [3.8, 4) is 5.75 Å². The molecule has 0 bridgehead atoms. The minimum absolute atomic E-state index is 0.327. The highest BCUT2D eigenvalue weighted by Gasteiger charge is 2.41. The van der Waals surface area contributed by atoms with Crippen LogP contribution in [0.5, 0.6) is 5.75 Å². The molecule has 0 spiro atoms. The summed E-state index contributed by atoms with van der Waals surface area (Å²) in [5.41, 5.74) is 6.36. The minimum Gasteiger partial charge on any atom is -0.491 e. The summed E-state index contributed by atoms with van der Waals surface area (Å²) >= 11 is 6.43. The van der Waals surface area contributed by atoms with E-state index in [1.165, 1.54) is 54.5 Å². The van der Waals surface area contributed by atoms with E-state index in [0.717, 1.165) is 71.9 Å². The molecule has 5 atom stereocenters. The Balaban J connectivity index is 1.44. The van der Waals surface area contributed by atoms with Gasteiger partial charge in [0, 0.05) is 24.0 Å². The molecule has 1 aliphatic heterocycles. The largest absolute Gasteiger partial charge is 0.491 e. The SMILES string of the molecule is C=C(C)c1ccc2c(c1)N(CC1CCC1C1CC(C)CC(C)C1)CC(c1ccc(Cl)cc1CCC)CO2.